The van der Waals surface area contributed by atoms with Crippen LogP contribution in [0.3, 0.4) is 0 Å². The highest BCUT2D eigenvalue weighted by Crippen LogP contribution is 2.36. The van der Waals surface area contributed by atoms with E-state index in [-0.39, 0.29) is 24.9 Å². The van der Waals surface area contributed by atoms with Crippen molar-refractivity contribution in [1.29, 1.82) is 0 Å². The molecule has 10 heteroatoms. The van der Waals surface area contributed by atoms with E-state index in [0.717, 1.165) is 21.7 Å². The number of rotatable bonds is 8. The van der Waals surface area contributed by atoms with Crippen LogP contribution in [-0.4, -0.2) is 56.3 Å². The fraction of sp³-hybridized carbons (Fsp3) is 0.440. The van der Waals surface area contributed by atoms with Crippen LogP contribution in [-0.2, 0) is 26.2 Å². The summed E-state index contributed by atoms with van der Waals surface area (Å²) in [5, 5.41) is 2.90. The van der Waals surface area contributed by atoms with E-state index in [1.165, 1.54) is 11.0 Å². The second-order valence-electron chi connectivity index (χ2n) is 9.67. The van der Waals surface area contributed by atoms with Gasteiger partial charge in [-0.2, -0.15) is 0 Å². The summed E-state index contributed by atoms with van der Waals surface area (Å²) in [7, 11) is -3.83. The lowest BCUT2D eigenvalue weighted by atomic mass is 10.1. The Hall–Kier alpha value is -3.27. The lowest BCUT2D eigenvalue weighted by Crippen LogP contribution is -2.54. The number of fused-ring (bicyclic) bond motifs is 1. The molecule has 0 aliphatic carbocycles. The highest BCUT2D eigenvalue weighted by Gasteiger charge is 2.32. The first kappa shape index (κ1) is 26.3. The Morgan fingerprint density at radius 2 is 1.74 bits per heavy atom. The van der Waals surface area contributed by atoms with Crippen molar-refractivity contribution in [2.45, 2.75) is 52.7 Å². The van der Waals surface area contributed by atoms with Gasteiger partial charge in [-0.3, -0.25) is 13.9 Å². The highest BCUT2D eigenvalue weighted by molar-refractivity contribution is 7.92. The average molecular weight is 504 g/mol. The molecule has 35 heavy (non-hydrogen) atoms. The molecule has 2 aromatic carbocycles. The first-order chi connectivity index (χ1) is 16.3. The normalized spacial score (nSPS) is 13.8. The number of carbonyl (C=O) groups is 2. The number of hydrogen-bond donors (Lipinski definition) is 1. The van der Waals surface area contributed by atoms with E-state index in [2.05, 4.69) is 5.32 Å². The van der Waals surface area contributed by atoms with Gasteiger partial charge in [0.15, 0.2) is 11.5 Å². The largest absolute Gasteiger partial charge is 0.454 e. The molecule has 0 aromatic heterocycles. The number of anilines is 1. The molecule has 0 radical (unpaired) electrons. The molecule has 1 N–H and O–H groups in total. The molecule has 1 aliphatic heterocycles. The molecule has 1 atom stereocenters. The number of benzene rings is 2. The molecule has 2 aromatic rings. The molecule has 9 nitrogen and oxygen atoms in total. The molecular formula is C25H33N3O6S. The van der Waals surface area contributed by atoms with Crippen molar-refractivity contribution in [3.05, 3.63) is 53.6 Å². The molecule has 0 bridgehead atoms. The third-order valence-corrected chi connectivity index (χ3v) is 6.73. The van der Waals surface area contributed by atoms with Crippen LogP contribution in [0, 0.1) is 6.92 Å². The molecule has 2 amide bonds. The van der Waals surface area contributed by atoms with Gasteiger partial charge in [-0.05, 0) is 57.9 Å². The predicted octanol–water partition coefficient (Wildman–Crippen LogP) is 2.82. The monoisotopic (exact) mass is 503 g/mol. The number of nitrogens with one attached hydrogen (secondary N) is 1. The van der Waals surface area contributed by atoms with Crippen LogP contribution in [0.2, 0.25) is 0 Å². The summed E-state index contributed by atoms with van der Waals surface area (Å²) in [4.78, 5) is 28.0. The maximum absolute atomic E-state index is 13.6. The van der Waals surface area contributed by atoms with Crippen molar-refractivity contribution in [3.63, 3.8) is 0 Å². The molecule has 0 saturated carbocycles. The number of carbonyl (C=O) groups excluding carboxylic acids is 2. The zero-order valence-electron chi connectivity index (χ0n) is 21.0. The lowest BCUT2D eigenvalue weighted by molar-refractivity contribution is -0.140. The van der Waals surface area contributed by atoms with Crippen LogP contribution in [0.25, 0.3) is 0 Å². The van der Waals surface area contributed by atoms with Gasteiger partial charge in [0, 0.05) is 18.2 Å². The standard InChI is InChI=1S/C25H33N3O6S/c1-17-9-7-8-10-19(17)14-27(18(2)24(30)26-25(3,4)5)23(29)15-28(35(6,31)32)20-11-12-21-22(13-20)34-16-33-21/h7-13,18H,14-16H2,1-6H3,(H,26,30). The zero-order chi connectivity index (χ0) is 26.0. The van der Waals surface area contributed by atoms with Gasteiger partial charge in [0.05, 0.1) is 11.9 Å². The second kappa shape index (κ2) is 10.2. The van der Waals surface area contributed by atoms with Crippen molar-refractivity contribution < 1.29 is 27.5 Å². The van der Waals surface area contributed by atoms with Crippen molar-refractivity contribution in [2.75, 3.05) is 23.9 Å². The van der Waals surface area contributed by atoms with Gasteiger partial charge in [0.25, 0.3) is 0 Å². The first-order valence-electron chi connectivity index (χ1n) is 11.3. The molecule has 0 spiro atoms. The summed E-state index contributed by atoms with van der Waals surface area (Å²) in [5.41, 5.74) is 1.61. The van der Waals surface area contributed by atoms with Gasteiger partial charge in [-0.15, -0.1) is 0 Å². The van der Waals surface area contributed by atoms with Crippen molar-refractivity contribution in [2.24, 2.45) is 0 Å². The number of aryl methyl sites for hydroxylation is 1. The molecule has 190 valence electrons. The molecular weight excluding hydrogens is 470 g/mol. The van der Waals surface area contributed by atoms with Crippen molar-refractivity contribution >= 4 is 27.5 Å². The number of ether oxygens (including phenoxy) is 2. The number of sulfonamides is 1. The summed E-state index contributed by atoms with van der Waals surface area (Å²) in [6.45, 7) is 8.86. The van der Waals surface area contributed by atoms with E-state index in [4.69, 9.17) is 9.47 Å². The SMILES string of the molecule is Cc1ccccc1CN(C(=O)CN(c1ccc2c(c1)OCO2)S(C)(=O)=O)C(C)C(=O)NC(C)(C)C. The Bertz CT molecular complexity index is 1210. The Morgan fingerprint density at radius 1 is 1.09 bits per heavy atom. The molecule has 3 rings (SSSR count). The topological polar surface area (TPSA) is 105 Å². The number of hydrogen-bond acceptors (Lipinski definition) is 6. The van der Waals surface area contributed by atoms with Crippen molar-refractivity contribution in [1.82, 2.24) is 10.2 Å². The molecule has 1 aliphatic rings. The van der Waals surface area contributed by atoms with Gasteiger partial charge in [-0.1, -0.05) is 24.3 Å². The van der Waals surface area contributed by atoms with Gasteiger partial charge < -0.3 is 19.7 Å². The van der Waals surface area contributed by atoms with E-state index in [1.807, 2.05) is 52.0 Å². The van der Waals surface area contributed by atoms with Crippen LogP contribution >= 0.6 is 0 Å². The van der Waals surface area contributed by atoms with E-state index in [9.17, 15) is 18.0 Å². The molecule has 0 fully saturated rings. The van der Waals surface area contributed by atoms with Crippen LogP contribution in [0.4, 0.5) is 5.69 Å². The molecule has 1 unspecified atom stereocenters. The smallest absolute Gasteiger partial charge is 0.244 e. The lowest BCUT2D eigenvalue weighted by Gasteiger charge is -2.33. The van der Waals surface area contributed by atoms with Crippen LogP contribution in [0.1, 0.15) is 38.8 Å². The maximum Gasteiger partial charge on any atom is 0.244 e. The Kier molecular flexibility index (Phi) is 7.64. The highest BCUT2D eigenvalue weighted by atomic mass is 32.2. The van der Waals surface area contributed by atoms with E-state index in [0.29, 0.717) is 11.5 Å². The fourth-order valence-corrected chi connectivity index (χ4v) is 4.52. The average Bonchev–Trinajstić information content (AvgIpc) is 3.22. The minimum absolute atomic E-state index is 0.0429. The van der Waals surface area contributed by atoms with Crippen molar-refractivity contribution in [3.8, 4) is 11.5 Å². The van der Waals surface area contributed by atoms with E-state index >= 15 is 0 Å². The quantitative estimate of drug-likeness (QED) is 0.594. The fourth-order valence-electron chi connectivity index (χ4n) is 3.68. The summed E-state index contributed by atoms with van der Waals surface area (Å²) in [6.07, 6.45) is 1.03. The minimum atomic E-state index is -3.83. The maximum atomic E-state index is 13.6. The summed E-state index contributed by atoms with van der Waals surface area (Å²) >= 11 is 0. The minimum Gasteiger partial charge on any atom is -0.454 e. The van der Waals surface area contributed by atoms with Gasteiger partial charge in [0.2, 0.25) is 28.6 Å². The second-order valence-corrected chi connectivity index (χ2v) is 11.6. The third-order valence-electron chi connectivity index (χ3n) is 5.59. The van der Waals surface area contributed by atoms with Gasteiger partial charge >= 0.3 is 0 Å². The first-order valence-corrected chi connectivity index (χ1v) is 13.1. The van der Waals surface area contributed by atoms with E-state index < -0.39 is 34.1 Å². The Labute approximate surface area is 207 Å². The summed E-state index contributed by atoms with van der Waals surface area (Å²) in [5.74, 6) is 0.0711. The Balaban J connectivity index is 1.93. The molecule has 1 heterocycles. The summed E-state index contributed by atoms with van der Waals surface area (Å²) < 4.78 is 37.1. The summed E-state index contributed by atoms with van der Waals surface area (Å²) in [6, 6.07) is 11.4. The Morgan fingerprint density at radius 3 is 2.37 bits per heavy atom. The van der Waals surface area contributed by atoms with Crippen LogP contribution < -0.4 is 19.1 Å². The predicted molar refractivity (Wildman–Crippen MR) is 134 cm³/mol. The van der Waals surface area contributed by atoms with Gasteiger partial charge in [-0.25, -0.2) is 8.42 Å². The number of nitrogens with zero attached hydrogens (tertiary/aromatic N) is 2. The zero-order valence-corrected chi connectivity index (χ0v) is 21.8. The van der Waals surface area contributed by atoms with Gasteiger partial charge in [0.1, 0.15) is 12.6 Å². The van der Waals surface area contributed by atoms with Crippen LogP contribution in [0.5, 0.6) is 11.5 Å². The number of amides is 2. The van der Waals surface area contributed by atoms with E-state index in [1.54, 1.807) is 19.1 Å². The molecule has 0 saturated heterocycles. The van der Waals surface area contributed by atoms with Crippen LogP contribution in [0.15, 0.2) is 42.5 Å². The third kappa shape index (κ3) is 6.66.